The molecule has 2 fully saturated rings. The minimum atomic E-state index is -1.41. The number of carbonyl (C=O) groups excluding carboxylic acids is 1. The minimum absolute atomic E-state index is 0.0523. The monoisotopic (exact) mass is 535 g/mol. The molecule has 11 heteroatoms. The first kappa shape index (κ1) is 28.3. The second-order valence-electron chi connectivity index (χ2n) is 10.5. The number of aromatic hydroxyl groups is 1. The molecule has 1 saturated heterocycles. The predicted molar refractivity (Wildman–Crippen MR) is 137 cm³/mol. The van der Waals surface area contributed by atoms with Crippen molar-refractivity contribution in [1.29, 1.82) is 0 Å². The molecule has 0 radical (unpaired) electrons. The van der Waals surface area contributed by atoms with E-state index in [2.05, 4.69) is 12.2 Å². The Balaban J connectivity index is 1.50. The molecule has 210 valence electrons. The first-order valence-electron chi connectivity index (χ1n) is 12.9. The summed E-state index contributed by atoms with van der Waals surface area (Å²) in [6, 6.07) is 2.99. The number of hydrogen-bond donors (Lipinski definition) is 4. The number of amides is 1. The zero-order valence-corrected chi connectivity index (χ0v) is 22.4. The van der Waals surface area contributed by atoms with Gasteiger partial charge in [-0.2, -0.15) is 0 Å². The van der Waals surface area contributed by atoms with Crippen LogP contribution in [0.1, 0.15) is 45.6 Å². The number of benzene rings is 1. The van der Waals surface area contributed by atoms with Crippen molar-refractivity contribution < 1.29 is 43.5 Å². The average molecular weight is 536 g/mol. The molecule has 38 heavy (non-hydrogen) atoms. The van der Waals surface area contributed by atoms with E-state index in [-0.39, 0.29) is 40.1 Å². The smallest absolute Gasteiger partial charge is 0.364 e. The number of nitrogens with one attached hydrogen (secondary N) is 1. The van der Waals surface area contributed by atoms with Crippen LogP contribution in [0.2, 0.25) is 0 Å². The molecule has 0 spiro atoms. The molecule has 11 nitrogen and oxygen atoms in total. The van der Waals surface area contributed by atoms with E-state index in [4.69, 9.17) is 23.4 Å². The number of aliphatic hydroxyl groups excluding tert-OH is 2. The number of methoxy groups -OCH3 is 1. The van der Waals surface area contributed by atoms with Crippen molar-refractivity contribution in [2.75, 3.05) is 25.6 Å². The summed E-state index contributed by atoms with van der Waals surface area (Å²) >= 11 is 0. The molecular formula is C27H37NO10. The Morgan fingerprint density at radius 2 is 1.97 bits per heavy atom. The van der Waals surface area contributed by atoms with Gasteiger partial charge < -0.3 is 44.0 Å². The van der Waals surface area contributed by atoms with Gasteiger partial charge >= 0.3 is 5.63 Å². The van der Waals surface area contributed by atoms with Crippen LogP contribution in [-0.2, 0) is 19.0 Å². The summed E-state index contributed by atoms with van der Waals surface area (Å²) in [4.78, 5) is 25.4. The highest BCUT2D eigenvalue weighted by molar-refractivity contribution is 5.99. The Kier molecular flexibility index (Phi) is 8.34. The topological polar surface area (TPSA) is 157 Å². The van der Waals surface area contributed by atoms with Gasteiger partial charge in [0.2, 0.25) is 12.2 Å². The highest BCUT2D eigenvalue weighted by atomic mass is 16.7. The Morgan fingerprint density at radius 1 is 1.24 bits per heavy atom. The normalized spacial score (nSPS) is 28.3. The van der Waals surface area contributed by atoms with Crippen LogP contribution in [0.25, 0.3) is 11.0 Å². The molecule has 1 saturated carbocycles. The maximum absolute atomic E-state index is 12.7. The first-order valence-corrected chi connectivity index (χ1v) is 12.9. The Bertz CT molecular complexity index is 1220. The summed E-state index contributed by atoms with van der Waals surface area (Å²) in [5, 5.41) is 34.6. The van der Waals surface area contributed by atoms with E-state index in [0.29, 0.717) is 25.2 Å². The van der Waals surface area contributed by atoms with Crippen molar-refractivity contribution in [3.8, 4) is 11.5 Å². The quantitative estimate of drug-likeness (QED) is 0.263. The largest absolute Gasteiger partial charge is 0.505 e. The molecular weight excluding hydrogens is 498 g/mol. The molecule has 2 unspecified atom stereocenters. The van der Waals surface area contributed by atoms with Gasteiger partial charge in [-0.15, -0.1) is 0 Å². The first-order chi connectivity index (χ1) is 18.0. The third-order valence-electron chi connectivity index (χ3n) is 7.27. The molecule has 1 aliphatic carbocycles. The minimum Gasteiger partial charge on any atom is -0.505 e. The lowest BCUT2D eigenvalue weighted by atomic mass is 9.89. The third-order valence-corrected chi connectivity index (χ3v) is 7.27. The molecule has 2 aromatic rings. The number of ether oxygens (including phenoxy) is 4. The number of carbonyl (C=O) groups is 1. The predicted octanol–water partition coefficient (Wildman–Crippen LogP) is 2.45. The van der Waals surface area contributed by atoms with Gasteiger partial charge in [-0.05, 0) is 51.7 Å². The zero-order valence-electron chi connectivity index (χ0n) is 22.4. The van der Waals surface area contributed by atoms with E-state index < -0.39 is 41.6 Å². The van der Waals surface area contributed by atoms with Gasteiger partial charge in [0.25, 0.3) is 0 Å². The molecule has 0 bridgehead atoms. The highest BCUT2D eigenvalue weighted by Gasteiger charge is 2.50. The summed E-state index contributed by atoms with van der Waals surface area (Å²) in [5.74, 6) is -0.772. The molecule has 6 atom stereocenters. The maximum atomic E-state index is 12.7. The Labute approximate surface area is 220 Å². The Hall–Kier alpha value is -2.70. The molecule has 4 N–H and O–H groups in total. The van der Waals surface area contributed by atoms with E-state index in [1.54, 1.807) is 20.8 Å². The fraction of sp³-hybridized carbons (Fsp3) is 0.630. The van der Waals surface area contributed by atoms with Gasteiger partial charge in [0.05, 0.1) is 17.6 Å². The zero-order chi connectivity index (χ0) is 27.8. The second-order valence-corrected chi connectivity index (χ2v) is 10.5. The van der Waals surface area contributed by atoms with Gasteiger partial charge in [0, 0.05) is 25.2 Å². The number of hydrogen-bond acceptors (Lipinski definition) is 10. The van der Waals surface area contributed by atoms with Crippen molar-refractivity contribution >= 4 is 22.6 Å². The van der Waals surface area contributed by atoms with Crippen LogP contribution in [0.4, 0.5) is 5.69 Å². The molecule has 1 aromatic heterocycles. The molecule has 1 amide bonds. The van der Waals surface area contributed by atoms with Crippen LogP contribution < -0.4 is 15.7 Å². The second kappa shape index (κ2) is 11.2. The van der Waals surface area contributed by atoms with Crippen molar-refractivity contribution in [2.45, 2.75) is 77.2 Å². The summed E-state index contributed by atoms with van der Waals surface area (Å²) in [7, 11) is 1.41. The van der Waals surface area contributed by atoms with Gasteiger partial charge in [0.15, 0.2) is 11.4 Å². The Morgan fingerprint density at radius 3 is 2.66 bits per heavy atom. The number of fused-ring (bicyclic) bond motifs is 1. The van der Waals surface area contributed by atoms with Crippen LogP contribution >= 0.6 is 0 Å². The van der Waals surface area contributed by atoms with Crippen LogP contribution in [0, 0.1) is 18.8 Å². The fourth-order valence-corrected chi connectivity index (χ4v) is 4.88. The van der Waals surface area contributed by atoms with Gasteiger partial charge in [-0.1, -0.05) is 13.3 Å². The lowest BCUT2D eigenvalue weighted by molar-refractivity contribution is -0.306. The highest BCUT2D eigenvalue weighted by Crippen LogP contribution is 2.41. The average Bonchev–Trinajstić information content (AvgIpc) is 3.64. The van der Waals surface area contributed by atoms with Crippen molar-refractivity contribution in [3.63, 3.8) is 0 Å². The standard InChI is InChI=1S/C27H37NO10/c1-6-7-10-35-12-14-11-16(14)24(32)28-18-19(29)15-8-9-17(13(2)22(15)37-25(18)33)36-26-21(31)20(30)23(34-5)27(3,4)38-26/h8-9,14,16,20-21,23,26,29-31H,6-7,10-12H2,1-5H3,(H,28,32)/t14?,16?,20-,21+,23+,26+/m0/s1. The summed E-state index contributed by atoms with van der Waals surface area (Å²) in [6.45, 7) is 8.23. The van der Waals surface area contributed by atoms with Gasteiger partial charge in [0.1, 0.15) is 29.6 Å². The lowest BCUT2D eigenvalue weighted by Gasteiger charge is -2.46. The molecule has 1 aromatic carbocycles. The molecule has 4 rings (SSSR count). The number of unbranched alkanes of at least 4 members (excludes halogenated alkanes) is 1. The number of anilines is 1. The van der Waals surface area contributed by atoms with E-state index in [1.165, 1.54) is 19.2 Å². The van der Waals surface area contributed by atoms with Crippen molar-refractivity contribution in [3.05, 3.63) is 28.1 Å². The summed E-state index contributed by atoms with van der Waals surface area (Å²) < 4.78 is 28.1. The molecule has 2 heterocycles. The SMILES string of the molecule is CCCCOCC1CC1C(=O)Nc1c(O)c2ccc(O[C@@H]3OC(C)(C)[C@H](OC)[C@@H](O)[C@H]3O)c(C)c2oc1=O. The van der Waals surface area contributed by atoms with Gasteiger partial charge in [-0.3, -0.25) is 4.79 Å². The number of rotatable bonds is 10. The summed E-state index contributed by atoms with van der Waals surface area (Å²) in [5.41, 5.74) is -1.79. The van der Waals surface area contributed by atoms with E-state index >= 15 is 0 Å². The van der Waals surface area contributed by atoms with Crippen molar-refractivity contribution in [1.82, 2.24) is 0 Å². The van der Waals surface area contributed by atoms with E-state index in [9.17, 15) is 24.9 Å². The van der Waals surface area contributed by atoms with Crippen molar-refractivity contribution in [2.24, 2.45) is 11.8 Å². The fourth-order valence-electron chi connectivity index (χ4n) is 4.88. The summed E-state index contributed by atoms with van der Waals surface area (Å²) in [6.07, 6.45) is -2.04. The molecule has 2 aliphatic rings. The molecule has 1 aliphatic heterocycles. The van der Waals surface area contributed by atoms with Gasteiger partial charge in [-0.25, -0.2) is 4.79 Å². The van der Waals surface area contributed by atoms with Crippen LogP contribution in [0.3, 0.4) is 0 Å². The van der Waals surface area contributed by atoms with Crippen LogP contribution in [0.15, 0.2) is 21.3 Å². The van der Waals surface area contributed by atoms with E-state index in [0.717, 1.165) is 12.8 Å². The number of aryl methyl sites for hydroxylation is 1. The lowest BCUT2D eigenvalue weighted by Crippen LogP contribution is -2.63. The maximum Gasteiger partial charge on any atom is 0.364 e. The van der Waals surface area contributed by atoms with Crippen LogP contribution in [0.5, 0.6) is 11.5 Å². The van der Waals surface area contributed by atoms with E-state index in [1.807, 2.05) is 0 Å². The van der Waals surface area contributed by atoms with Crippen LogP contribution in [-0.4, -0.2) is 71.8 Å². The number of aliphatic hydroxyl groups is 2. The third kappa shape index (κ3) is 5.52.